The summed E-state index contributed by atoms with van der Waals surface area (Å²) in [6.07, 6.45) is -1.28. The normalized spacial score (nSPS) is 22.3. The smallest absolute Gasteiger partial charge is 0.352 e. The summed E-state index contributed by atoms with van der Waals surface area (Å²) in [7, 11) is 1.87. The predicted molar refractivity (Wildman–Crippen MR) is 118 cm³/mol. The van der Waals surface area contributed by atoms with Crippen molar-refractivity contribution >= 4 is 23.3 Å². The second-order valence-electron chi connectivity index (χ2n) is 9.42. The molecule has 9 nitrogen and oxygen atoms in total. The number of anilines is 2. The zero-order valence-electron chi connectivity index (χ0n) is 19.5. The van der Waals surface area contributed by atoms with Gasteiger partial charge in [-0.2, -0.15) is 18.3 Å². The van der Waals surface area contributed by atoms with Gasteiger partial charge in [-0.05, 0) is 37.7 Å². The SMILES string of the molecule is Cc1nc(CC2CC(NC(=O)Cn3ccc(C(F)(F)F)n3)C2)nc2c1NC(=O)[C@H](C(C)C)N2C. The molecule has 2 aliphatic rings. The quantitative estimate of drug-likeness (QED) is 0.660. The monoisotopic (exact) mass is 479 g/mol. The molecule has 1 fully saturated rings. The van der Waals surface area contributed by atoms with E-state index in [4.69, 9.17) is 4.98 Å². The van der Waals surface area contributed by atoms with Gasteiger partial charge in [-0.1, -0.05) is 13.8 Å². The van der Waals surface area contributed by atoms with Crippen molar-refractivity contribution in [2.24, 2.45) is 11.8 Å². The van der Waals surface area contributed by atoms with E-state index in [0.717, 1.165) is 29.8 Å². The molecule has 34 heavy (non-hydrogen) atoms. The number of nitrogens with zero attached hydrogens (tertiary/aromatic N) is 5. The zero-order valence-corrected chi connectivity index (χ0v) is 19.5. The van der Waals surface area contributed by atoms with Gasteiger partial charge in [0.15, 0.2) is 11.5 Å². The van der Waals surface area contributed by atoms with Crippen molar-refractivity contribution < 1.29 is 22.8 Å². The number of aromatic nitrogens is 4. The number of hydrogen-bond acceptors (Lipinski definition) is 6. The Morgan fingerprint density at radius 3 is 2.62 bits per heavy atom. The number of nitrogens with one attached hydrogen (secondary N) is 2. The number of fused-ring (bicyclic) bond motifs is 1. The van der Waals surface area contributed by atoms with Crippen molar-refractivity contribution in [1.29, 1.82) is 0 Å². The Morgan fingerprint density at radius 1 is 1.29 bits per heavy atom. The minimum Gasteiger partial charge on any atom is -0.352 e. The summed E-state index contributed by atoms with van der Waals surface area (Å²) >= 11 is 0. The fraction of sp³-hybridized carbons (Fsp3) is 0.591. The van der Waals surface area contributed by atoms with E-state index in [2.05, 4.69) is 20.7 Å². The van der Waals surface area contributed by atoms with Gasteiger partial charge in [0, 0.05) is 25.7 Å². The minimum atomic E-state index is -4.53. The lowest BCUT2D eigenvalue weighted by Gasteiger charge is -2.38. The highest BCUT2D eigenvalue weighted by molar-refractivity contribution is 6.03. The van der Waals surface area contributed by atoms with Gasteiger partial charge in [0.05, 0.1) is 5.69 Å². The summed E-state index contributed by atoms with van der Waals surface area (Å²) in [5.41, 5.74) is 0.331. The van der Waals surface area contributed by atoms with Gasteiger partial charge in [0.2, 0.25) is 11.8 Å². The molecule has 4 rings (SSSR count). The number of alkyl halides is 3. The summed E-state index contributed by atoms with van der Waals surface area (Å²) in [4.78, 5) is 35.8. The van der Waals surface area contributed by atoms with Crippen molar-refractivity contribution in [3.8, 4) is 0 Å². The van der Waals surface area contributed by atoms with E-state index in [1.54, 1.807) is 0 Å². The maximum atomic E-state index is 12.6. The molecule has 12 heteroatoms. The fourth-order valence-electron chi connectivity index (χ4n) is 4.66. The Bertz CT molecular complexity index is 1090. The topological polar surface area (TPSA) is 105 Å². The lowest BCUT2D eigenvalue weighted by atomic mass is 9.78. The third kappa shape index (κ3) is 4.85. The first kappa shape index (κ1) is 24.0. The highest BCUT2D eigenvalue weighted by Crippen LogP contribution is 2.35. The molecule has 3 heterocycles. The van der Waals surface area contributed by atoms with Crippen LogP contribution < -0.4 is 15.5 Å². The molecule has 0 bridgehead atoms. The Hall–Kier alpha value is -3.18. The third-order valence-corrected chi connectivity index (χ3v) is 6.33. The predicted octanol–water partition coefficient (Wildman–Crippen LogP) is 2.55. The first-order valence-corrected chi connectivity index (χ1v) is 11.2. The molecule has 0 radical (unpaired) electrons. The number of carbonyl (C=O) groups is 2. The number of aryl methyl sites for hydroxylation is 1. The van der Waals surface area contributed by atoms with Crippen molar-refractivity contribution in [1.82, 2.24) is 25.1 Å². The molecule has 1 aliphatic carbocycles. The molecule has 0 unspecified atom stereocenters. The van der Waals surface area contributed by atoms with Crippen molar-refractivity contribution in [2.75, 3.05) is 17.3 Å². The minimum absolute atomic E-state index is 0.0406. The summed E-state index contributed by atoms with van der Waals surface area (Å²) in [5.74, 6) is 1.36. The van der Waals surface area contributed by atoms with Gasteiger partial charge in [-0.25, -0.2) is 9.97 Å². The van der Waals surface area contributed by atoms with E-state index >= 15 is 0 Å². The second-order valence-corrected chi connectivity index (χ2v) is 9.42. The van der Waals surface area contributed by atoms with Gasteiger partial charge < -0.3 is 15.5 Å². The lowest BCUT2D eigenvalue weighted by Crippen LogP contribution is -2.50. The van der Waals surface area contributed by atoms with E-state index in [0.29, 0.717) is 29.4 Å². The van der Waals surface area contributed by atoms with E-state index in [1.807, 2.05) is 32.7 Å². The molecule has 1 aliphatic heterocycles. The van der Waals surface area contributed by atoms with Crippen LogP contribution in [0.5, 0.6) is 0 Å². The largest absolute Gasteiger partial charge is 0.435 e. The summed E-state index contributed by atoms with van der Waals surface area (Å²) in [6, 6.07) is 0.500. The average molecular weight is 480 g/mol. The van der Waals surface area contributed by atoms with Crippen LogP contribution >= 0.6 is 0 Å². The third-order valence-electron chi connectivity index (χ3n) is 6.33. The average Bonchev–Trinajstić information content (AvgIpc) is 3.16. The summed E-state index contributed by atoms with van der Waals surface area (Å²) < 4.78 is 38.9. The zero-order chi connectivity index (χ0) is 24.8. The maximum Gasteiger partial charge on any atom is 0.435 e. The first-order chi connectivity index (χ1) is 15.9. The van der Waals surface area contributed by atoms with Crippen LogP contribution in [0.15, 0.2) is 12.3 Å². The highest BCUT2D eigenvalue weighted by atomic mass is 19.4. The molecular weight excluding hydrogens is 451 g/mol. The number of amides is 2. The first-order valence-electron chi connectivity index (χ1n) is 11.2. The molecular formula is C22H28F3N7O2. The van der Waals surface area contributed by atoms with Crippen LogP contribution in [0.25, 0.3) is 0 Å². The van der Waals surface area contributed by atoms with E-state index in [-0.39, 0.29) is 42.3 Å². The maximum absolute atomic E-state index is 12.6. The van der Waals surface area contributed by atoms with Gasteiger partial charge in [0.25, 0.3) is 0 Å². The van der Waals surface area contributed by atoms with Crippen molar-refractivity contribution in [3.63, 3.8) is 0 Å². The molecule has 0 aromatic carbocycles. The van der Waals surface area contributed by atoms with Gasteiger partial charge in [-0.3, -0.25) is 14.3 Å². The number of hydrogen-bond donors (Lipinski definition) is 2. The molecule has 1 atom stereocenters. The van der Waals surface area contributed by atoms with Crippen molar-refractivity contribution in [3.05, 3.63) is 29.5 Å². The van der Waals surface area contributed by atoms with Crippen LogP contribution in [0, 0.1) is 18.8 Å². The van der Waals surface area contributed by atoms with Gasteiger partial charge in [0.1, 0.15) is 24.1 Å². The van der Waals surface area contributed by atoms with E-state index in [1.165, 1.54) is 0 Å². The lowest BCUT2D eigenvalue weighted by molar-refractivity contribution is -0.141. The van der Waals surface area contributed by atoms with Crippen LogP contribution in [-0.2, 0) is 28.7 Å². The Kier molecular flexibility index (Phi) is 6.26. The summed E-state index contributed by atoms with van der Waals surface area (Å²) in [6.45, 7) is 5.56. The summed E-state index contributed by atoms with van der Waals surface area (Å²) in [5, 5.41) is 9.17. The Labute approximate surface area is 195 Å². The van der Waals surface area contributed by atoms with E-state index < -0.39 is 11.9 Å². The molecule has 2 N–H and O–H groups in total. The van der Waals surface area contributed by atoms with Gasteiger partial charge in [-0.15, -0.1) is 0 Å². The van der Waals surface area contributed by atoms with Crippen LogP contribution in [0.2, 0.25) is 0 Å². The molecule has 2 aromatic rings. The second kappa shape index (κ2) is 8.88. The van der Waals surface area contributed by atoms with Crippen LogP contribution in [0.3, 0.4) is 0 Å². The highest BCUT2D eigenvalue weighted by Gasteiger charge is 2.37. The van der Waals surface area contributed by atoms with Crippen LogP contribution in [-0.4, -0.2) is 50.7 Å². The molecule has 0 saturated heterocycles. The Morgan fingerprint density at radius 2 is 2.00 bits per heavy atom. The molecule has 1 saturated carbocycles. The van der Waals surface area contributed by atoms with Crippen LogP contribution in [0.1, 0.15) is 43.9 Å². The van der Waals surface area contributed by atoms with Gasteiger partial charge >= 0.3 is 6.18 Å². The number of likely N-dealkylation sites (N-methyl/N-ethyl adjacent to an activating group) is 1. The Balaban J connectivity index is 1.31. The number of rotatable bonds is 6. The molecule has 184 valence electrons. The van der Waals surface area contributed by atoms with Crippen LogP contribution in [0.4, 0.5) is 24.7 Å². The standard InChI is InChI=1S/C22H28F3N7O2/c1-11(2)19-21(34)29-18-12(3)26-16(28-20(18)31(19)4)9-13-7-14(8-13)27-17(33)10-32-6-5-15(30-32)22(23,24)25/h5-6,11,13-14,19H,7-10H2,1-4H3,(H,27,33)(H,29,34)/t13?,14?,19-/m0/s1. The molecule has 2 amide bonds. The molecule has 2 aromatic heterocycles. The van der Waals surface area contributed by atoms with Crippen molar-refractivity contribution in [2.45, 2.75) is 64.8 Å². The fourth-order valence-corrected chi connectivity index (χ4v) is 4.66. The van der Waals surface area contributed by atoms with E-state index in [9.17, 15) is 22.8 Å². The number of halogens is 3. The molecule has 0 spiro atoms. The number of carbonyl (C=O) groups excluding carboxylic acids is 2.